The molecule has 0 radical (unpaired) electrons. The molecule has 7 nitrogen and oxygen atoms in total. The van der Waals surface area contributed by atoms with Crippen LogP contribution in [0.25, 0.3) is 11.3 Å². The summed E-state index contributed by atoms with van der Waals surface area (Å²) in [5, 5.41) is 12.2. The number of hydrogen-bond acceptors (Lipinski definition) is 5. The fraction of sp³-hybridized carbons (Fsp3) is 0.375. The summed E-state index contributed by atoms with van der Waals surface area (Å²) in [6.07, 6.45) is 3.69. The highest BCUT2D eigenvalue weighted by Crippen LogP contribution is 2.22. The van der Waals surface area contributed by atoms with E-state index in [-0.39, 0.29) is 6.04 Å². The van der Waals surface area contributed by atoms with Crippen molar-refractivity contribution in [3.63, 3.8) is 0 Å². The normalized spacial score (nSPS) is 17.6. The van der Waals surface area contributed by atoms with E-state index in [9.17, 15) is 9.18 Å². The number of hydrogen-bond donors (Lipinski definition) is 2. The zero-order chi connectivity index (χ0) is 17.1. The summed E-state index contributed by atoms with van der Waals surface area (Å²) in [6, 6.07) is 3.24. The third-order valence-corrected chi connectivity index (χ3v) is 3.93. The maximum atomic E-state index is 13.9. The van der Waals surface area contributed by atoms with Gasteiger partial charge in [0.05, 0.1) is 11.3 Å². The van der Waals surface area contributed by atoms with Crippen LogP contribution in [-0.2, 0) is 0 Å². The molecule has 8 heteroatoms. The first-order chi connectivity index (χ1) is 11.5. The average molecular weight is 331 g/mol. The lowest BCUT2D eigenvalue weighted by Crippen LogP contribution is -2.44. The average Bonchev–Trinajstić information content (AvgIpc) is 2.57. The Hall–Kier alpha value is -2.77. The number of amides is 1. The number of aromatic nitrogens is 3. The molecule has 1 amide bonds. The Morgan fingerprint density at radius 2 is 2.29 bits per heavy atom. The number of rotatable bonds is 3. The van der Waals surface area contributed by atoms with Crippen LogP contribution >= 0.6 is 0 Å². The fourth-order valence-corrected chi connectivity index (χ4v) is 2.76. The van der Waals surface area contributed by atoms with Crippen molar-refractivity contribution >= 4 is 12.0 Å². The molecule has 0 spiro atoms. The van der Waals surface area contributed by atoms with Gasteiger partial charge < -0.3 is 15.3 Å². The van der Waals surface area contributed by atoms with Gasteiger partial charge in [0, 0.05) is 31.5 Å². The number of carboxylic acid groups (broad SMARTS) is 1. The molecule has 3 rings (SSSR count). The van der Waals surface area contributed by atoms with Crippen molar-refractivity contribution in [1.29, 1.82) is 0 Å². The standard InChI is InChI=1S/C16H18FN5O2/c1-10-7-12(14(17)19-8-10)13-4-5-18-15(21-13)20-11-3-2-6-22(9-11)16(23)24/h4-5,7-8,11H,2-3,6,9H2,1H3,(H,23,24)(H,18,20,21)/t11-/m0/s1. The third-order valence-electron chi connectivity index (χ3n) is 3.93. The zero-order valence-corrected chi connectivity index (χ0v) is 13.2. The van der Waals surface area contributed by atoms with Crippen LogP contribution in [0.5, 0.6) is 0 Å². The van der Waals surface area contributed by atoms with Crippen molar-refractivity contribution in [1.82, 2.24) is 19.9 Å². The molecule has 3 heterocycles. The van der Waals surface area contributed by atoms with Crippen LogP contribution in [0.15, 0.2) is 24.5 Å². The zero-order valence-electron chi connectivity index (χ0n) is 13.2. The van der Waals surface area contributed by atoms with Crippen molar-refractivity contribution < 1.29 is 14.3 Å². The molecule has 0 aromatic carbocycles. The first-order valence-electron chi connectivity index (χ1n) is 7.73. The first-order valence-corrected chi connectivity index (χ1v) is 7.73. The summed E-state index contributed by atoms with van der Waals surface area (Å²) in [4.78, 5) is 24.7. The summed E-state index contributed by atoms with van der Waals surface area (Å²) in [6.45, 7) is 2.75. The quantitative estimate of drug-likeness (QED) is 0.840. The summed E-state index contributed by atoms with van der Waals surface area (Å²) in [7, 11) is 0. The van der Waals surface area contributed by atoms with E-state index >= 15 is 0 Å². The Morgan fingerprint density at radius 1 is 1.46 bits per heavy atom. The van der Waals surface area contributed by atoms with E-state index < -0.39 is 12.0 Å². The van der Waals surface area contributed by atoms with Gasteiger partial charge in [-0.25, -0.2) is 19.7 Å². The third kappa shape index (κ3) is 3.58. The number of piperidine rings is 1. The summed E-state index contributed by atoms with van der Waals surface area (Å²) in [5.74, 6) is -0.231. The van der Waals surface area contributed by atoms with Gasteiger partial charge in [-0.05, 0) is 37.5 Å². The highest BCUT2D eigenvalue weighted by Gasteiger charge is 2.23. The fourth-order valence-electron chi connectivity index (χ4n) is 2.76. The molecule has 1 aliphatic rings. The highest BCUT2D eigenvalue weighted by atomic mass is 19.1. The van der Waals surface area contributed by atoms with E-state index in [0.717, 1.165) is 18.4 Å². The number of halogens is 1. The van der Waals surface area contributed by atoms with E-state index in [2.05, 4.69) is 20.3 Å². The Kier molecular flexibility index (Phi) is 4.54. The maximum absolute atomic E-state index is 13.9. The number of aryl methyl sites for hydroxylation is 1. The number of carbonyl (C=O) groups is 1. The predicted molar refractivity (Wildman–Crippen MR) is 86.2 cm³/mol. The number of nitrogens with one attached hydrogen (secondary N) is 1. The molecule has 2 aromatic rings. The van der Waals surface area contributed by atoms with E-state index in [4.69, 9.17) is 5.11 Å². The number of pyridine rings is 1. The molecule has 1 aliphatic heterocycles. The van der Waals surface area contributed by atoms with Crippen LogP contribution in [0.1, 0.15) is 18.4 Å². The van der Waals surface area contributed by atoms with Gasteiger partial charge in [0.25, 0.3) is 0 Å². The summed E-state index contributed by atoms with van der Waals surface area (Å²) in [5.41, 5.74) is 1.59. The lowest BCUT2D eigenvalue weighted by molar-refractivity contribution is 0.132. The van der Waals surface area contributed by atoms with Gasteiger partial charge in [0.2, 0.25) is 11.9 Å². The Morgan fingerprint density at radius 3 is 3.08 bits per heavy atom. The molecule has 2 aromatic heterocycles. The van der Waals surface area contributed by atoms with Crippen molar-refractivity contribution in [3.05, 3.63) is 36.0 Å². The van der Waals surface area contributed by atoms with E-state index in [1.165, 1.54) is 11.1 Å². The van der Waals surface area contributed by atoms with Crippen molar-refractivity contribution in [2.24, 2.45) is 0 Å². The maximum Gasteiger partial charge on any atom is 0.407 e. The second kappa shape index (κ2) is 6.77. The van der Waals surface area contributed by atoms with Crippen molar-refractivity contribution in [3.8, 4) is 11.3 Å². The van der Waals surface area contributed by atoms with Gasteiger partial charge in [-0.2, -0.15) is 4.39 Å². The van der Waals surface area contributed by atoms with Crippen LogP contribution in [0.3, 0.4) is 0 Å². The molecule has 1 fully saturated rings. The molecule has 2 N–H and O–H groups in total. The van der Waals surface area contributed by atoms with Gasteiger partial charge in [-0.3, -0.25) is 0 Å². The minimum absolute atomic E-state index is 0.0643. The van der Waals surface area contributed by atoms with Gasteiger partial charge in [0.1, 0.15) is 0 Å². The number of likely N-dealkylation sites (tertiary alicyclic amines) is 1. The molecule has 0 bridgehead atoms. The van der Waals surface area contributed by atoms with E-state index in [1.807, 2.05) is 6.92 Å². The van der Waals surface area contributed by atoms with Gasteiger partial charge >= 0.3 is 6.09 Å². The van der Waals surface area contributed by atoms with Gasteiger partial charge in [-0.1, -0.05) is 0 Å². The summed E-state index contributed by atoms with van der Waals surface area (Å²) < 4.78 is 13.9. The summed E-state index contributed by atoms with van der Waals surface area (Å²) >= 11 is 0. The van der Waals surface area contributed by atoms with E-state index in [1.54, 1.807) is 18.3 Å². The highest BCUT2D eigenvalue weighted by molar-refractivity contribution is 5.65. The Balaban J connectivity index is 1.78. The van der Waals surface area contributed by atoms with Crippen LogP contribution < -0.4 is 5.32 Å². The van der Waals surface area contributed by atoms with Gasteiger partial charge in [-0.15, -0.1) is 0 Å². The lowest BCUT2D eigenvalue weighted by Gasteiger charge is -2.31. The second-order valence-corrected chi connectivity index (χ2v) is 5.83. The topological polar surface area (TPSA) is 91.2 Å². The Bertz CT molecular complexity index is 755. The Labute approximate surface area is 138 Å². The smallest absolute Gasteiger partial charge is 0.407 e. The molecule has 126 valence electrons. The monoisotopic (exact) mass is 331 g/mol. The molecular formula is C16H18FN5O2. The van der Waals surface area contributed by atoms with Crippen LogP contribution in [0.2, 0.25) is 0 Å². The molecule has 1 saturated heterocycles. The largest absolute Gasteiger partial charge is 0.465 e. The molecule has 0 unspecified atom stereocenters. The number of nitrogens with zero attached hydrogens (tertiary/aromatic N) is 4. The van der Waals surface area contributed by atoms with Crippen LogP contribution in [0.4, 0.5) is 15.1 Å². The van der Waals surface area contributed by atoms with E-state index in [0.29, 0.717) is 30.3 Å². The lowest BCUT2D eigenvalue weighted by atomic mass is 10.1. The van der Waals surface area contributed by atoms with Gasteiger partial charge in [0.15, 0.2) is 0 Å². The van der Waals surface area contributed by atoms with Crippen LogP contribution in [-0.4, -0.2) is 50.2 Å². The number of anilines is 1. The van der Waals surface area contributed by atoms with Crippen molar-refractivity contribution in [2.75, 3.05) is 18.4 Å². The predicted octanol–water partition coefficient (Wildman–Crippen LogP) is 2.54. The SMILES string of the molecule is Cc1cnc(F)c(-c2ccnc(N[C@H]3CCCN(C(=O)O)C3)n2)c1. The first kappa shape index (κ1) is 16.1. The minimum atomic E-state index is -0.927. The molecule has 0 aliphatic carbocycles. The minimum Gasteiger partial charge on any atom is -0.465 e. The van der Waals surface area contributed by atoms with Crippen molar-refractivity contribution in [2.45, 2.75) is 25.8 Å². The second-order valence-electron chi connectivity index (χ2n) is 5.83. The molecule has 0 saturated carbocycles. The molecule has 1 atom stereocenters. The van der Waals surface area contributed by atoms with Crippen LogP contribution in [0, 0.1) is 12.9 Å². The molecular weight excluding hydrogens is 313 g/mol. The molecule has 24 heavy (non-hydrogen) atoms.